The van der Waals surface area contributed by atoms with Crippen LogP contribution in [-0.4, -0.2) is 12.2 Å². The summed E-state index contributed by atoms with van der Waals surface area (Å²) >= 11 is 1.58. The first kappa shape index (κ1) is 12.2. The SMILES string of the molecule is COc1ccc2ccccc2c1C(O)c1ccsc1. The zero-order valence-electron chi connectivity index (χ0n) is 10.5. The highest BCUT2D eigenvalue weighted by molar-refractivity contribution is 7.08. The first-order chi connectivity index (χ1) is 9.31. The van der Waals surface area contributed by atoms with E-state index in [4.69, 9.17) is 4.74 Å². The first-order valence-corrected chi connectivity index (χ1v) is 7.01. The van der Waals surface area contributed by atoms with Gasteiger partial charge in [0.15, 0.2) is 0 Å². The van der Waals surface area contributed by atoms with Crippen molar-refractivity contribution in [2.75, 3.05) is 7.11 Å². The highest BCUT2D eigenvalue weighted by Crippen LogP contribution is 2.36. The quantitative estimate of drug-likeness (QED) is 0.779. The Balaban J connectivity index is 2.25. The number of aliphatic hydroxyl groups is 1. The lowest BCUT2D eigenvalue weighted by atomic mass is 9.96. The fourth-order valence-electron chi connectivity index (χ4n) is 2.33. The van der Waals surface area contributed by atoms with E-state index in [1.54, 1.807) is 18.4 Å². The van der Waals surface area contributed by atoms with Crippen molar-refractivity contribution in [1.82, 2.24) is 0 Å². The predicted octanol–water partition coefficient (Wildman–Crippen LogP) is 3.99. The van der Waals surface area contributed by atoms with Crippen LogP contribution in [0.1, 0.15) is 17.2 Å². The number of rotatable bonds is 3. The molecular weight excluding hydrogens is 256 g/mol. The molecule has 3 aromatic rings. The van der Waals surface area contributed by atoms with Crippen molar-refractivity contribution in [2.45, 2.75) is 6.10 Å². The van der Waals surface area contributed by atoms with Gasteiger partial charge in [-0.05, 0) is 39.2 Å². The van der Waals surface area contributed by atoms with Crippen LogP contribution in [0.4, 0.5) is 0 Å². The summed E-state index contributed by atoms with van der Waals surface area (Å²) in [7, 11) is 1.63. The molecule has 2 nitrogen and oxygen atoms in total. The van der Waals surface area contributed by atoms with Gasteiger partial charge < -0.3 is 9.84 Å². The van der Waals surface area contributed by atoms with Crippen LogP contribution >= 0.6 is 11.3 Å². The van der Waals surface area contributed by atoms with Gasteiger partial charge in [-0.2, -0.15) is 11.3 Å². The molecule has 3 rings (SSSR count). The highest BCUT2D eigenvalue weighted by Gasteiger charge is 2.18. The van der Waals surface area contributed by atoms with Gasteiger partial charge in [0.05, 0.1) is 7.11 Å². The van der Waals surface area contributed by atoms with E-state index in [1.165, 1.54) is 0 Å². The molecule has 19 heavy (non-hydrogen) atoms. The number of fused-ring (bicyclic) bond motifs is 1. The minimum absolute atomic E-state index is 0.660. The summed E-state index contributed by atoms with van der Waals surface area (Å²) < 4.78 is 5.42. The van der Waals surface area contributed by atoms with Crippen molar-refractivity contribution >= 4 is 22.1 Å². The Bertz CT molecular complexity index is 689. The van der Waals surface area contributed by atoms with E-state index in [9.17, 15) is 5.11 Å². The van der Waals surface area contributed by atoms with Crippen LogP contribution in [0.15, 0.2) is 53.2 Å². The van der Waals surface area contributed by atoms with Gasteiger partial charge in [0.25, 0.3) is 0 Å². The maximum absolute atomic E-state index is 10.6. The maximum atomic E-state index is 10.6. The standard InChI is InChI=1S/C16H14O2S/c1-18-14-7-6-11-4-2-3-5-13(11)15(14)16(17)12-8-9-19-10-12/h2-10,16-17H,1H3. The second kappa shape index (κ2) is 5.03. The van der Waals surface area contributed by atoms with Crippen molar-refractivity contribution in [1.29, 1.82) is 0 Å². The van der Waals surface area contributed by atoms with E-state index in [2.05, 4.69) is 0 Å². The van der Waals surface area contributed by atoms with Crippen molar-refractivity contribution < 1.29 is 9.84 Å². The van der Waals surface area contributed by atoms with E-state index in [0.29, 0.717) is 0 Å². The predicted molar refractivity (Wildman–Crippen MR) is 78.9 cm³/mol. The van der Waals surface area contributed by atoms with Crippen LogP contribution in [0.2, 0.25) is 0 Å². The first-order valence-electron chi connectivity index (χ1n) is 6.07. The van der Waals surface area contributed by atoms with Gasteiger partial charge in [-0.3, -0.25) is 0 Å². The molecule has 0 aliphatic carbocycles. The largest absolute Gasteiger partial charge is 0.496 e. The fraction of sp³-hybridized carbons (Fsp3) is 0.125. The van der Waals surface area contributed by atoms with Crippen LogP contribution in [-0.2, 0) is 0 Å². The molecule has 0 aliphatic heterocycles. The van der Waals surface area contributed by atoms with Gasteiger partial charge in [-0.25, -0.2) is 0 Å². The lowest BCUT2D eigenvalue weighted by Gasteiger charge is -2.16. The molecule has 1 aromatic heterocycles. The Labute approximate surface area is 115 Å². The third-order valence-electron chi connectivity index (χ3n) is 3.28. The van der Waals surface area contributed by atoms with Crippen molar-refractivity contribution in [3.63, 3.8) is 0 Å². The Morgan fingerprint density at radius 1 is 1.11 bits per heavy atom. The molecule has 1 unspecified atom stereocenters. The molecule has 1 atom stereocenters. The van der Waals surface area contributed by atoms with Crippen LogP contribution in [0, 0.1) is 0 Å². The van der Waals surface area contributed by atoms with Crippen LogP contribution in [0.25, 0.3) is 10.8 Å². The number of hydrogen-bond donors (Lipinski definition) is 1. The molecule has 0 bridgehead atoms. The minimum atomic E-state index is -0.660. The topological polar surface area (TPSA) is 29.5 Å². The van der Waals surface area contributed by atoms with E-state index >= 15 is 0 Å². The second-order valence-electron chi connectivity index (χ2n) is 4.36. The maximum Gasteiger partial charge on any atom is 0.125 e. The minimum Gasteiger partial charge on any atom is -0.496 e. The number of aliphatic hydroxyl groups excluding tert-OH is 1. The van der Waals surface area contributed by atoms with Gasteiger partial charge in [0.1, 0.15) is 11.9 Å². The lowest BCUT2D eigenvalue weighted by Crippen LogP contribution is -2.02. The molecule has 3 heteroatoms. The Hall–Kier alpha value is -1.84. The fourth-order valence-corrected chi connectivity index (χ4v) is 3.01. The van der Waals surface area contributed by atoms with Gasteiger partial charge in [0, 0.05) is 5.56 Å². The molecule has 0 fully saturated rings. The molecule has 1 heterocycles. The molecule has 0 amide bonds. The van der Waals surface area contributed by atoms with E-state index in [-0.39, 0.29) is 0 Å². The second-order valence-corrected chi connectivity index (χ2v) is 5.14. The van der Waals surface area contributed by atoms with Crippen LogP contribution < -0.4 is 4.74 Å². The summed E-state index contributed by atoms with van der Waals surface area (Å²) in [5.41, 5.74) is 1.73. The van der Waals surface area contributed by atoms with Gasteiger partial charge in [-0.1, -0.05) is 30.3 Å². The van der Waals surface area contributed by atoms with E-state index in [1.807, 2.05) is 53.2 Å². The normalized spacial score (nSPS) is 12.5. The molecule has 96 valence electrons. The molecule has 1 N–H and O–H groups in total. The van der Waals surface area contributed by atoms with E-state index < -0.39 is 6.10 Å². The lowest BCUT2D eigenvalue weighted by molar-refractivity contribution is 0.217. The summed E-state index contributed by atoms with van der Waals surface area (Å²) in [4.78, 5) is 0. The third-order valence-corrected chi connectivity index (χ3v) is 3.98. The summed E-state index contributed by atoms with van der Waals surface area (Å²) in [5, 5.41) is 16.7. The van der Waals surface area contributed by atoms with Crippen molar-refractivity contribution in [3.8, 4) is 5.75 Å². The number of hydrogen-bond acceptors (Lipinski definition) is 3. The summed E-state index contributed by atoms with van der Waals surface area (Å²) in [6.07, 6.45) is -0.660. The highest BCUT2D eigenvalue weighted by atomic mass is 32.1. The number of thiophene rings is 1. The van der Waals surface area contributed by atoms with E-state index in [0.717, 1.165) is 27.6 Å². The molecular formula is C16H14O2S. The van der Waals surface area contributed by atoms with Crippen molar-refractivity contribution in [3.05, 3.63) is 64.4 Å². The zero-order chi connectivity index (χ0) is 13.2. The third kappa shape index (κ3) is 2.11. The van der Waals surface area contributed by atoms with Crippen LogP contribution in [0.3, 0.4) is 0 Å². The molecule has 0 radical (unpaired) electrons. The smallest absolute Gasteiger partial charge is 0.125 e. The zero-order valence-corrected chi connectivity index (χ0v) is 11.4. The Kier molecular flexibility index (Phi) is 3.23. The molecule has 0 spiro atoms. The number of methoxy groups -OCH3 is 1. The Morgan fingerprint density at radius 2 is 1.95 bits per heavy atom. The number of benzene rings is 2. The van der Waals surface area contributed by atoms with Crippen molar-refractivity contribution in [2.24, 2.45) is 0 Å². The van der Waals surface area contributed by atoms with Crippen LogP contribution in [0.5, 0.6) is 5.75 Å². The van der Waals surface area contributed by atoms with Gasteiger partial charge >= 0.3 is 0 Å². The summed E-state index contributed by atoms with van der Waals surface area (Å²) in [6, 6.07) is 13.9. The Morgan fingerprint density at radius 3 is 2.68 bits per heavy atom. The summed E-state index contributed by atoms with van der Waals surface area (Å²) in [6.45, 7) is 0. The van der Waals surface area contributed by atoms with Gasteiger partial charge in [-0.15, -0.1) is 0 Å². The average molecular weight is 270 g/mol. The molecule has 0 aliphatic rings. The molecule has 0 saturated carbocycles. The molecule has 2 aromatic carbocycles. The summed E-state index contributed by atoms with van der Waals surface area (Å²) in [5.74, 6) is 0.720. The average Bonchev–Trinajstić information content (AvgIpc) is 2.99. The van der Waals surface area contributed by atoms with Gasteiger partial charge in [0.2, 0.25) is 0 Å². The number of ether oxygens (including phenoxy) is 1. The monoisotopic (exact) mass is 270 g/mol. The molecule has 0 saturated heterocycles.